The maximum absolute atomic E-state index is 5.17. The van der Waals surface area contributed by atoms with Crippen LogP contribution in [0.2, 0.25) is 0 Å². The molecular weight excluding hydrogens is 204 g/mol. The summed E-state index contributed by atoms with van der Waals surface area (Å²) in [5, 5.41) is 3.47. The van der Waals surface area contributed by atoms with E-state index in [0.29, 0.717) is 0 Å². The minimum atomic E-state index is -0.374. The summed E-state index contributed by atoms with van der Waals surface area (Å²) in [6.45, 7) is 0.889. The van der Waals surface area contributed by atoms with E-state index in [1.807, 2.05) is 12.1 Å². The van der Waals surface area contributed by atoms with Crippen LogP contribution in [0, 0.1) is 0 Å². The lowest BCUT2D eigenvalue weighted by atomic mass is 10.2. The summed E-state index contributed by atoms with van der Waals surface area (Å²) in [7, 11) is 3.23. The van der Waals surface area contributed by atoms with Gasteiger partial charge < -0.3 is 14.8 Å². The van der Waals surface area contributed by atoms with Crippen LogP contribution in [0.5, 0.6) is 0 Å². The molecule has 1 aliphatic carbocycles. The highest BCUT2D eigenvalue weighted by molar-refractivity contribution is 5.17. The molecule has 0 saturated heterocycles. The van der Waals surface area contributed by atoms with E-state index in [-0.39, 0.29) is 6.29 Å². The number of nitrogens with one attached hydrogen (secondary N) is 1. The zero-order valence-electron chi connectivity index (χ0n) is 9.77. The van der Waals surface area contributed by atoms with E-state index in [1.165, 1.54) is 18.4 Å². The SMILES string of the molecule is COC(OC)c1cc(CNC2CC2)ccn1. The van der Waals surface area contributed by atoms with Crippen molar-refractivity contribution in [2.45, 2.75) is 31.7 Å². The van der Waals surface area contributed by atoms with Gasteiger partial charge in [-0.3, -0.25) is 4.98 Å². The van der Waals surface area contributed by atoms with Gasteiger partial charge in [0.1, 0.15) is 0 Å². The molecule has 1 aliphatic rings. The summed E-state index contributed by atoms with van der Waals surface area (Å²) in [5.41, 5.74) is 2.04. The summed E-state index contributed by atoms with van der Waals surface area (Å²) in [6, 6.07) is 4.76. The second-order valence-corrected chi connectivity index (χ2v) is 4.05. The molecule has 88 valence electrons. The molecule has 0 radical (unpaired) electrons. The average Bonchev–Trinajstić information content (AvgIpc) is 3.13. The number of hydrogen-bond acceptors (Lipinski definition) is 4. The van der Waals surface area contributed by atoms with E-state index >= 15 is 0 Å². The van der Waals surface area contributed by atoms with Gasteiger partial charge in [0.05, 0.1) is 5.69 Å². The molecule has 1 saturated carbocycles. The standard InChI is InChI=1S/C12H18N2O2/c1-15-12(16-2)11-7-9(5-6-13-11)8-14-10-3-4-10/h5-7,10,12,14H,3-4,8H2,1-2H3. The van der Waals surface area contributed by atoms with Gasteiger partial charge in [-0.05, 0) is 30.5 Å². The van der Waals surface area contributed by atoms with Crippen molar-refractivity contribution in [3.63, 3.8) is 0 Å². The Balaban J connectivity index is 1.99. The summed E-state index contributed by atoms with van der Waals surface area (Å²) >= 11 is 0. The van der Waals surface area contributed by atoms with E-state index in [2.05, 4.69) is 10.3 Å². The summed E-state index contributed by atoms with van der Waals surface area (Å²) in [6.07, 6.45) is 4.03. The van der Waals surface area contributed by atoms with Gasteiger partial charge >= 0.3 is 0 Å². The first-order valence-corrected chi connectivity index (χ1v) is 5.57. The quantitative estimate of drug-likeness (QED) is 0.743. The van der Waals surface area contributed by atoms with Crippen LogP contribution in [-0.4, -0.2) is 25.2 Å². The van der Waals surface area contributed by atoms with Crippen molar-refractivity contribution in [1.82, 2.24) is 10.3 Å². The molecular formula is C12H18N2O2. The molecule has 1 N–H and O–H groups in total. The van der Waals surface area contributed by atoms with Gasteiger partial charge in [0.15, 0.2) is 0 Å². The molecule has 16 heavy (non-hydrogen) atoms. The largest absolute Gasteiger partial charge is 0.350 e. The van der Waals surface area contributed by atoms with Gasteiger partial charge in [0.2, 0.25) is 6.29 Å². The molecule has 0 spiro atoms. The molecule has 0 bridgehead atoms. The van der Waals surface area contributed by atoms with Crippen LogP contribution in [0.25, 0.3) is 0 Å². The van der Waals surface area contributed by atoms with E-state index in [4.69, 9.17) is 9.47 Å². The first-order valence-electron chi connectivity index (χ1n) is 5.57. The van der Waals surface area contributed by atoms with E-state index in [9.17, 15) is 0 Å². The Morgan fingerprint density at radius 3 is 2.81 bits per heavy atom. The van der Waals surface area contributed by atoms with Gasteiger partial charge in [-0.15, -0.1) is 0 Å². The fourth-order valence-corrected chi connectivity index (χ4v) is 1.62. The summed E-state index contributed by atoms with van der Waals surface area (Å²) in [5.74, 6) is 0. The Morgan fingerprint density at radius 1 is 1.44 bits per heavy atom. The second kappa shape index (κ2) is 5.39. The van der Waals surface area contributed by atoms with Crippen molar-refractivity contribution in [1.29, 1.82) is 0 Å². The van der Waals surface area contributed by atoms with Crippen molar-refractivity contribution in [3.8, 4) is 0 Å². The van der Waals surface area contributed by atoms with E-state index in [0.717, 1.165) is 18.3 Å². The summed E-state index contributed by atoms with van der Waals surface area (Å²) in [4.78, 5) is 4.25. The molecule has 1 aromatic rings. The van der Waals surface area contributed by atoms with Crippen molar-refractivity contribution in [3.05, 3.63) is 29.6 Å². The highest BCUT2D eigenvalue weighted by atomic mass is 16.7. The van der Waals surface area contributed by atoms with Gasteiger partial charge in [-0.2, -0.15) is 0 Å². The number of pyridine rings is 1. The van der Waals surface area contributed by atoms with Gasteiger partial charge in [0, 0.05) is 33.0 Å². The zero-order valence-corrected chi connectivity index (χ0v) is 9.77. The molecule has 0 amide bonds. The summed E-state index contributed by atoms with van der Waals surface area (Å²) < 4.78 is 10.3. The molecule has 2 rings (SSSR count). The Kier molecular flexibility index (Phi) is 3.88. The number of ether oxygens (including phenoxy) is 2. The fourth-order valence-electron chi connectivity index (χ4n) is 1.62. The van der Waals surface area contributed by atoms with Crippen molar-refractivity contribution in [2.75, 3.05) is 14.2 Å². The smallest absolute Gasteiger partial charge is 0.200 e. The maximum atomic E-state index is 5.17. The first kappa shape index (κ1) is 11.5. The molecule has 1 heterocycles. The molecule has 0 aliphatic heterocycles. The topological polar surface area (TPSA) is 43.4 Å². The minimum Gasteiger partial charge on any atom is -0.350 e. The fraction of sp³-hybridized carbons (Fsp3) is 0.583. The van der Waals surface area contributed by atoms with Crippen LogP contribution in [0.3, 0.4) is 0 Å². The molecule has 4 nitrogen and oxygen atoms in total. The molecule has 1 aromatic heterocycles. The first-order chi connectivity index (χ1) is 7.83. The molecule has 0 atom stereocenters. The number of hydrogen-bond donors (Lipinski definition) is 1. The lowest BCUT2D eigenvalue weighted by Crippen LogP contribution is -2.16. The lowest BCUT2D eigenvalue weighted by molar-refractivity contribution is -0.108. The van der Waals surface area contributed by atoms with Crippen molar-refractivity contribution < 1.29 is 9.47 Å². The van der Waals surface area contributed by atoms with Crippen LogP contribution >= 0.6 is 0 Å². The number of methoxy groups -OCH3 is 2. The predicted molar refractivity (Wildman–Crippen MR) is 60.9 cm³/mol. The van der Waals surface area contributed by atoms with E-state index in [1.54, 1.807) is 20.4 Å². The van der Waals surface area contributed by atoms with Crippen LogP contribution in [0.1, 0.15) is 30.4 Å². The minimum absolute atomic E-state index is 0.374. The maximum Gasteiger partial charge on any atom is 0.200 e. The number of nitrogens with zero attached hydrogens (tertiary/aromatic N) is 1. The van der Waals surface area contributed by atoms with Crippen LogP contribution < -0.4 is 5.32 Å². The third-order valence-electron chi connectivity index (χ3n) is 2.69. The monoisotopic (exact) mass is 222 g/mol. The molecule has 4 heteroatoms. The number of rotatable bonds is 6. The van der Waals surface area contributed by atoms with Crippen LogP contribution in [0.4, 0.5) is 0 Å². The van der Waals surface area contributed by atoms with Crippen LogP contribution in [0.15, 0.2) is 18.3 Å². The van der Waals surface area contributed by atoms with Crippen molar-refractivity contribution >= 4 is 0 Å². The Morgan fingerprint density at radius 2 is 2.19 bits per heavy atom. The highest BCUT2D eigenvalue weighted by Gasteiger charge is 2.20. The third kappa shape index (κ3) is 3.01. The predicted octanol–water partition coefficient (Wildman–Crippen LogP) is 1.62. The second-order valence-electron chi connectivity index (χ2n) is 4.05. The Labute approximate surface area is 96.0 Å². The van der Waals surface area contributed by atoms with Gasteiger partial charge in [-0.1, -0.05) is 0 Å². The average molecular weight is 222 g/mol. The molecule has 1 fully saturated rings. The molecule has 0 aromatic carbocycles. The highest BCUT2D eigenvalue weighted by Crippen LogP contribution is 2.20. The molecule has 0 unspecified atom stereocenters. The normalized spacial score (nSPS) is 15.7. The third-order valence-corrected chi connectivity index (χ3v) is 2.69. The van der Waals surface area contributed by atoms with Crippen LogP contribution in [-0.2, 0) is 16.0 Å². The Hall–Kier alpha value is -0.970. The Bertz CT molecular complexity index is 336. The number of aromatic nitrogens is 1. The van der Waals surface area contributed by atoms with Gasteiger partial charge in [-0.25, -0.2) is 0 Å². The lowest BCUT2D eigenvalue weighted by Gasteiger charge is -2.13. The van der Waals surface area contributed by atoms with Gasteiger partial charge in [0.25, 0.3) is 0 Å². The zero-order chi connectivity index (χ0) is 11.4. The van der Waals surface area contributed by atoms with E-state index < -0.39 is 0 Å². The van der Waals surface area contributed by atoms with Crippen molar-refractivity contribution in [2.24, 2.45) is 0 Å².